The van der Waals surface area contributed by atoms with E-state index in [4.69, 9.17) is 4.74 Å². The number of hydrogen-bond acceptors (Lipinski definition) is 4. The molecule has 4 amide bonds. The molecule has 0 radical (unpaired) electrons. The molecular weight excluding hydrogens is 348 g/mol. The van der Waals surface area contributed by atoms with Crippen LogP contribution in [-0.4, -0.2) is 73.1 Å². The van der Waals surface area contributed by atoms with Crippen molar-refractivity contribution < 1.29 is 19.1 Å². The Bertz CT molecular complexity index is 792. The summed E-state index contributed by atoms with van der Waals surface area (Å²) in [5.74, 6) is -1.29. The lowest BCUT2D eigenvalue weighted by Gasteiger charge is -2.43. The summed E-state index contributed by atoms with van der Waals surface area (Å²) in [6.07, 6.45) is 0. The Balaban J connectivity index is 1.78. The summed E-state index contributed by atoms with van der Waals surface area (Å²) in [7, 11) is 1.58. The number of rotatable bonds is 1. The maximum Gasteiger partial charge on any atom is 0.321 e. The van der Waals surface area contributed by atoms with Crippen LogP contribution in [-0.2, 0) is 14.3 Å². The standard InChI is InChI=1S/C19H24N4O4/c1-19-15(12-5-3-4-6-14(12)21-17(19)25)13(16(24)20-2)11-23(19)18(26)22-7-9-27-10-8-22/h3-6,13,15H,7-11H2,1-2H3,(H,20,24)(H,21,25)/t13-,15+,19-/m0/s1. The largest absolute Gasteiger partial charge is 0.378 e. The number of urea groups is 1. The summed E-state index contributed by atoms with van der Waals surface area (Å²) in [5, 5.41) is 5.63. The molecule has 0 spiro atoms. The average molecular weight is 372 g/mol. The molecule has 8 nitrogen and oxygen atoms in total. The van der Waals surface area contributed by atoms with E-state index in [0.717, 1.165) is 5.56 Å². The van der Waals surface area contributed by atoms with Gasteiger partial charge in [0.1, 0.15) is 5.54 Å². The van der Waals surface area contributed by atoms with Gasteiger partial charge in [0.15, 0.2) is 0 Å². The highest BCUT2D eigenvalue weighted by molar-refractivity contribution is 6.05. The van der Waals surface area contributed by atoms with Crippen molar-refractivity contribution in [1.29, 1.82) is 0 Å². The fraction of sp³-hybridized carbons (Fsp3) is 0.526. The van der Waals surface area contributed by atoms with Gasteiger partial charge in [0.25, 0.3) is 5.91 Å². The van der Waals surface area contributed by atoms with Crippen molar-refractivity contribution in [3.63, 3.8) is 0 Å². The topological polar surface area (TPSA) is 91.0 Å². The van der Waals surface area contributed by atoms with E-state index in [0.29, 0.717) is 32.0 Å². The highest BCUT2D eigenvalue weighted by atomic mass is 16.5. The predicted octanol–water partition coefficient (Wildman–Crippen LogP) is 0.611. The number of morpholine rings is 1. The number of carbonyl (C=O) groups excluding carboxylic acids is 3. The van der Waals surface area contributed by atoms with E-state index in [1.165, 1.54) is 0 Å². The maximum absolute atomic E-state index is 13.3. The number of para-hydroxylation sites is 1. The van der Waals surface area contributed by atoms with E-state index in [-0.39, 0.29) is 24.4 Å². The summed E-state index contributed by atoms with van der Waals surface area (Å²) >= 11 is 0. The van der Waals surface area contributed by atoms with Gasteiger partial charge >= 0.3 is 6.03 Å². The minimum atomic E-state index is -1.12. The first-order valence-electron chi connectivity index (χ1n) is 9.24. The van der Waals surface area contributed by atoms with Gasteiger partial charge in [-0.25, -0.2) is 4.79 Å². The SMILES string of the molecule is CNC(=O)[C@H]1CN(C(=O)N2CCOCC2)[C@]2(C)C(=O)Nc3ccccc3[C@H]12. The molecule has 3 heterocycles. The average Bonchev–Trinajstić information content (AvgIpc) is 3.02. The minimum absolute atomic E-state index is 0.159. The van der Waals surface area contributed by atoms with Crippen molar-refractivity contribution in [3.05, 3.63) is 29.8 Å². The van der Waals surface area contributed by atoms with E-state index in [9.17, 15) is 14.4 Å². The summed E-state index contributed by atoms with van der Waals surface area (Å²) in [6.45, 7) is 3.90. The number of hydrogen-bond donors (Lipinski definition) is 2. The third-order valence-corrected chi connectivity index (χ3v) is 6.05. The van der Waals surface area contributed by atoms with Crippen molar-refractivity contribution in [2.75, 3.05) is 45.2 Å². The van der Waals surface area contributed by atoms with Crippen LogP contribution < -0.4 is 10.6 Å². The van der Waals surface area contributed by atoms with Crippen LogP contribution in [0, 0.1) is 5.92 Å². The third-order valence-electron chi connectivity index (χ3n) is 6.05. The van der Waals surface area contributed by atoms with Gasteiger partial charge in [0.05, 0.1) is 19.1 Å². The Hall–Kier alpha value is -2.61. The van der Waals surface area contributed by atoms with Gasteiger partial charge in [0.2, 0.25) is 5.91 Å². The number of ether oxygens (including phenoxy) is 1. The predicted molar refractivity (Wildman–Crippen MR) is 98.3 cm³/mol. The van der Waals surface area contributed by atoms with Crippen molar-refractivity contribution in [2.45, 2.75) is 18.4 Å². The normalized spacial score (nSPS) is 29.6. The summed E-state index contributed by atoms with van der Waals surface area (Å²) in [4.78, 5) is 42.3. The molecule has 2 fully saturated rings. The molecule has 0 bridgehead atoms. The highest BCUT2D eigenvalue weighted by Gasteiger charge is 2.62. The van der Waals surface area contributed by atoms with Gasteiger partial charge in [-0.3, -0.25) is 9.59 Å². The third kappa shape index (κ3) is 2.58. The molecule has 4 rings (SSSR count). The number of anilines is 1. The Morgan fingerprint density at radius 1 is 1.26 bits per heavy atom. The van der Waals surface area contributed by atoms with Gasteiger partial charge < -0.3 is 25.2 Å². The van der Waals surface area contributed by atoms with Crippen LogP contribution in [0.2, 0.25) is 0 Å². The lowest BCUT2D eigenvalue weighted by molar-refractivity contribution is -0.126. The van der Waals surface area contributed by atoms with Crippen LogP contribution in [0.4, 0.5) is 10.5 Å². The number of carbonyl (C=O) groups is 3. The molecule has 0 unspecified atom stereocenters. The molecule has 0 aliphatic carbocycles. The second-order valence-electron chi connectivity index (χ2n) is 7.38. The zero-order chi connectivity index (χ0) is 19.2. The van der Waals surface area contributed by atoms with Crippen LogP contribution in [0.1, 0.15) is 18.4 Å². The van der Waals surface area contributed by atoms with Gasteiger partial charge in [-0.15, -0.1) is 0 Å². The maximum atomic E-state index is 13.3. The molecular formula is C19H24N4O4. The zero-order valence-corrected chi connectivity index (χ0v) is 15.5. The summed E-state index contributed by atoms with van der Waals surface area (Å²) in [6, 6.07) is 7.29. The number of benzene rings is 1. The number of nitrogens with zero attached hydrogens (tertiary/aromatic N) is 2. The molecule has 144 valence electrons. The van der Waals surface area contributed by atoms with Crippen LogP contribution in [0.15, 0.2) is 24.3 Å². The molecule has 2 N–H and O–H groups in total. The quantitative estimate of drug-likeness (QED) is 0.756. The van der Waals surface area contributed by atoms with Crippen LogP contribution >= 0.6 is 0 Å². The van der Waals surface area contributed by atoms with Crippen LogP contribution in [0.3, 0.4) is 0 Å². The van der Waals surface area contributed by atoms with Crippen molar-refractivity contribution >= 4 is 23.5 Å². The van der Waals surface area contributed by atoms with E-state index in [1.54, 1.807) is 23.8 Å². The van der Waals surface area contributed by atoms with Crippen LogP contribution in [0.5, 0.6) is 0 Å². The molecule has 2 saturated heterocycles. The first-order valence-corrected chi connectivity index (χ1v) is 9.24. The smallest absolute Gasteiger partial charge is 0.321 e. The molecule has 0 aromatic heterocycles. The number of amides is 4. The Labute approximate surface area is 157 Å². The lowest BCUT2D eigenvalue weighted by Crippen LogP contribution is -2.61. The molecule has 27 heavy (non-hydrogen) atoms. The molecule has 3 aliphatic rings. The van der Waals surface area contributed by atoms with E-state index in [1.807, 2.05) is 24.3 Å². The van der Waals surface area contributed by atoms with E-state index < -0.39 is 17.4 Å². The van der Waals surface area contributed by atoms with Gasteiger partial charge in [-0.1, -0.05) is 18.2 Å². The van der Waals surface area contributed by atoms with Gasteiger partial charge in [-0.2, -0.15) is 0 Å². The Morgan fingerprint density at radius 3 is 2.67 bits per heavy atom. The van der Waals surface area contributed by atoms with Crippen molar-refractivity contribution in [1.82, 2.24) is 15.1 Å². The molecule has 1 aromatic rings. The second kappa shape index (κ2) is 6.53. The molecule has 0 saturated carbocycles. The summed E-state index contributed by atoms with van der Waals surface area (Å²) < 4.78 is 5.33. The highest BCUT2D eigenvalue weighted by Crippen LogP contribution is 2.51. The van der Waals surface area contributed by atoms with Gasteiger partial charge in [0, 0.05) is 38.3 Å². The van der Waals surface area contributed by atoms with Crippen molar-refractivity contribution in [3.8, 4) is 0 Å². The molecule has 3 aliphatic heterocycles. The zero-order valence-electron chi connectivity index (χ0n) is 15.5. The number of likely N-dealkylation sites (tertiary alicyclic amines) is 1. The first-order chi connectivity index (χ1) is 13.0. The molecule has 3 atom stereocenters. The van der Waals surface area contributed by atoms with E-state index in [2.05, 4.69) is 10.6 Å². The Morgan fingerprint density at radius 2 is 1.96 bits per heavy atom. The Kier molecular flexibility index (Phi) is 4.30. The fourth-order valence-electron chi connectivity index (χ4n) is 4.59. The minimum Gasteiger partial charge on any atom is -0.378 e. The lowest BCUT2D eigenvalue weighted by atomic mass is 9.72. The van der Waals surface area contributed by atoms with Crippen molar-refractivity contribution in [2.24, 2.45) is 5.92 Å². The van der Waals surface area contributed by atoms with Crippen LogP contribution in [0.25, 0.3) is 0 Å². The number of nitrogens with one attached hydrogen (secondary N) is 2. The van der Waals surface area contributed by atoms with Gasteiger partial charge in [-0.05, 0) is 18.6 Å². The van der Waals surface area contributed by atoms with E-state index >= 15 is 0 Å². The molecule has 1 aromatic carbocycles. The second-order valence-corrected chi connectivity index (χ2v) is 7.38. The summed E-state index contributed by atoms with van der Waals surface area (Å²) in [5.41, 5.74) is 0.478. The number of fused-ring (bicyclic) bond motifs is 3. The fourth-order valence-corrected chi connectivity index (χ4v) is 4.59. The monoisotopic (exact) mass is 372 g/mol. The molecule has 8 heteroatoms. The first kappa shape index (κ1) is 17.8.